The minimum absolute atomic E-state index is 0.112. The molecule has 1 amide bonds. The van der Waals surface area contributed by atoms with Crippen molar-refractivity contribution in [3.05, 3.63) is 58.9 Å². The van der Waals surface area contributed by atoms with Crippen molar-refractivity contribution in [2.75, 3.05) is 12.8 Å². The van der Waals surface area contributed by atoms with Crippen LogP contribution in [0.2, 0.25) is 5.02 Å². The number of thioether (sulfide) groups is 1. The third-order valence-electron chi connectivity index (χ3n) is 8.03. The molecule has 1 fully saturated rings. The first-order valence-electron chi connectivity index (χ1n) is 14.5. The second kappa shape index (κ2) is 11.8. The third-order valence-corrected chi connectivity index (χ3v) is 9.00. The number of piperidine rings is 1. The van der Waals surface area contributed by atoms with E-state index in [-0.39, 0.29) is 28.6 Å². The van der Waals surface area contributed by atoms with Crippen LogP contribution in [0.5, 0.6) is 0 Å². The molecule has 1 unspecified atom stereocenters. The number of fused-ring (bicyclic) bond motifs is 4. The van der Waals surface area contributed by atoms with Gasteiger partial charge in [-0.3, -0.25) is 0 Å². The number of nitriles is 2. The van der Waals surface area contributed by atoms with Crippen molar-refractivity contribution >= 4 is 62.2 Å². The second-order valence-electron chi connectivity index (χ2n) is 12.0. The monoisotopic (exact) mass is 641 g/mol. The number of amides is 1. The van der Waals surface area contributed by atoms with Gasteiger partial charge < -0.3 is 9.64 Å². The molecule has 45 heavy (non-hydrogen) atoms. The van der Waals surface area contributed by atoms with Crippen molar-refractivity contribution in [3.8, 4) is 23.3 Å². The normalized spacial score (nSPS) is 17.0. The van der Waals surface area contributed by atoms with Crippen LogP contribution in [0.25, 0.3) is 43.8 Å². The number of benzene rings is 3. The Labute approximate surface area is 268 Å². The fourth-order valence-electron chi connectivity index (χ4n) is 6.14. The highest BCUT2D eigenvalue weighted by Gasteiger charge is 2.36. The molecule has 3 heterocycles. The Morgan fingerprint density at radius 1 is 1.20 bits per heavy atom. The van der Waals surface area contributed by atoms with Gasteiger partial charge in [-0.2, -0.15) is 10.5 Å². The quantitative estimate of drug-likeness (QED) is 0.181. The molecule has 228 valence electrons. The number of halogens is 2. The molecule has 2 aromatic heterocycles. The number of nitrogens with zero attached hydrogens (tertiary/aromatic N) is 7. The van der Waals surface area contributed by atoms with E-state index < -0.39 is 23.6 Å². The molecule has 12 heteroatoms. The zero-order valence-electron chi connectivity index (χ0n) is 25.1. The van der Waals surface area contributed by atoms with Gasteiger partial charge in [0.25, 0.3) is 0 Å². The highest BCUT2D eigenvalue weighted by Crippen LogP contribution is 2.43. The molecule has 0 saturated carbocycles. The molecule has 2 atom stereocenters. The Morgan fingerprint density at radius 3 is 2.64 bits per heavy atom. The molecule has 1 saturated heterocycles. The maximum Gasteiger partial charge on any atom is 0.410 e. The SMILES string of the molecule is CSc1nc2c(F)c(-c3cccc4cccc(C#N)c34)c(Cl)cc2c2c1nnn2C1CCN(C(=O)OC(C)(C)C)[C@H](CC#N)C1. The molecule has 0 aliphatic carbocycles. The lowest BCUT2D eigenvalue weighted by atomic mass is 9.93. The lowest BCUT2D eigenvalue weighted by Gasteiger charge is -2.39. The molecule has 1 aliphatic heterocycles. The van der Waals surface area contributed by atoms with Gasteiger partial charge in [0.2, 0.25) is 0 Å². The number of carbonyl (C=O) groups is 1. The number of carbonyl (C=O) groups excluding carboxylic acids is 1. The smallest absolute Gasteiger partial charge is 0.410 e. The Bertz CT molecular complexity index is 2070. The number of rotatable bonds is 4. The van der Waals surface area contributed by atoms with Crippen LogP contribution in [-0.4, -0.2) is 55.4 Å². The van der Waals surface area contributed by atoms with Gasteiger partial charge in [-0.25, -0.2) is 18.9 Å². The summed E-state index contributed by atoms with van der Waals surface area (Å²) in [6.07, 6.45) is 2.47. The molecule has 0 spiro atoms. The van der Waals surface area contributed by atoms with E-state index in [1.165, 1.54) is 11.8 Å². The van der Waals surface area contributed by atoms with Crippen molar-refractivity contribution in [2.24, 2.45) is 0 Å². The van der Waals surface area contributed by atoms with Gasteiger partial charge >= 0.3 is 6.09 Å². The molecule has 0 bridgehead atoms. The highest BCUT2D eigenvalue weighted by atomic mass is 35.5. The van der Waals surface area contributed by atoms with Crippen LogP contribution in [0, 0.1) is 28.5 Å². The number of hydrogen-bond acceptors (Lipinski definition) is 8. The number of aromatic nitrogens is 4. The van der Waals surface area contributed by atoms with E-state index in [9.17, 15) is 15.3 Å². The Kier molecular flexibility index (Phi) is 8.02. The fourth-order valence-corrected chi connectivity index (χ4v) is 6.95. The number of pyridine rings is 1. The highest BCUT2D eigenvalue weighted by molar-refractivity contribution is 7.98. The van der Waals surface area contributed by atoms with Gasteiger partial charge in [0.1, 0.15) is 27.2 Å². The summed E-state index contributed by atoms with van der Waals surface area (Å²) >= 11 is 8.22. The molecular weight excluding hydrogens is 613 g/mol. The van der Waals surface area contributed by atoms with Gasteiger partial charge in [0, 0.05) is 22.9 Å². The van der Waals surface area contributed by atoms with Gasteiger partial charge in [-0.05, 0) is 63.0 Å². The fraction of sp³-hybridized carbons (Fsp3) is 0.333. The second-order valence-corrected chi connectivity index (χ2v) is 13.2. The summed E-state index contributed by atoms with van der Waals surface area (Å²) in [6, 6.07) is 16.3. The average Bonchev–Trinajstić information content (AvgIpc) is 3.45. The maximum atomic E-state index is 16.8. The number of ether oxygens (including phenoxy) is 1. The van der Waals surface area contributed by atoms with Gasteiger partial charge in [0.15, 0.2) is 5.82 Å². The third kappa shape index (κ3) is 5.41. The first-order valence-corrected chi connectivity index (χ1v) is 16.1. The summed E-state index contributed by atoms with van der Waals surface area (Å²) < 4.78 is 24.1. The van der Waals surface area contributed by atoms with Crippen LogP contribution in [-0.2, 0) is 4.74 Å². The van der Waals surface area contributed by atoms with Crippen LogP contribution in [0.15, 0.2) is 47.5 Å². The molecule has 0 N–H and O–H groups in total. The van der Waals surface area contributed by atoms with Crippen LogP contribution in [0.4, 0.5) is 9.18 Å². The Hall–Kier alpha value is -4.45. The zero-order chi connectivity index (χ0) is 32.0. The summed E-state index contributed by atoms with van der Waals surface area (Å²) in [5, 5.41) is 30.9. The molecule has 3 aromatic carbocycles. The van der Waals surface area contributed by atoms with E-state index >= 15 is 4.39 Å². The number of likely N-dealkylation sites (tertiary alicyclic amines) is 1. The van der Waals surface area contributed by atoms with Crippen molar-refractivity contribution in [1.29, 1.82) is 10.5 Å². The average molecular weight is 642 g/mol. The summed E-state index contributed by atoms with van der Waals surface area (Å²) in [5.74, 6) is -0.607. The first-order chi connectivity index (χ1) is 21.6. The van der Waals surface area contributed by atoms with Gasteiger partial charge in [0.05, 0.1) is 41.2 Å². The van der Waals surface area contributed by atoms with E-state index in [1.54, 1.807) is 54.6 Å². The Morgan fingerprint density at radius 2 is 1.96 bits per heavy atom. The predicted molar refractivity (Wildman–Crippen MR) is 172 cm³/mol. The summed E-state index contributed by atoms with van der Waals surface area (Å²) in [5.41, 5.74) is 1.62. The molecule has 5 aromatic rings. The van der Waals surface area contributed by atoms with Crippen molar-refractivity contribution in [3.63, 3.8) is 0 Å². The molecular formula is C33H29ClFN7O2S. The van der Waals surface area contributed by atoms with E-state index in [1.807, 2.05) is 24.5 Å². The topological polar surface area (TPSA) is 121 Å². The van der Waals surface area contributed by atoms with Gasteiger partial charge in [-0.15, -0.1) is 16.9 Å². The van der Waals surface area contributed by atoms with Crippen molar-refractivity contribution < 1.29 is 13.9 Å². The van der Waals surface area contributed by atoms with Crippen molar-refractivity contribution in [1.82, 2.24) is 24.9 Å². The summed E-state index contributed by atoms with van der Waals surface area (Å²) in [4.78, 5) is 19.3. The molecule has 6 rings (SSSR count). The van der Waals surface area contributed by atoms with Crippen LogP contribution in [0.3, 0.4) is 0 Å². The summed E-state index contributed by atoms with van der Waals surface area (Å²) in [7, 11) is 0. The summed E-state index contributed by atoms with van der Waals surface area (Å²) in [6.45, 7) is 5.77. The molecule has 9 nitrogen and oxygen atoms in total. The number of hydrogen-bond donors (Lipinski definition) is 0. The van der Waals surface area contributed by atoms with E-state index in [2.05, 4.69) is 27.4 Å². The van der Waals surface area contributed by atoms with E-state index in [4.69, 9.17) is 16.3 Å². The van der Waals surface area contributed by atoms with E-state index in [0.29, 0.717) is 57.3 Å². The predicted octanol–water partition coefficient (Wildman–Crippen LogP) is 8.04. The van der Waals surface area contributed by atoms with E-state index in [0.717, 1.165) is 5.39 Å². The lowest BCUT2D eigenvalue weighted by Crippen LogP contribution is -2.48. The molecule has 0 radical (unpaired) electrons. The van der Waals surface area contributed by atoms with Crippen LogP contribution < -0.4 is 0 Å². The Balaban J connectivity index is 1.50. The first kappa shape index (κ1) is 30.6. The minimum atomic E-state index is -0.669. The lowest BCUT2D eigenvalue weighted by molar-refractivity contribution is 0.00557. The maximum absolute atomic E-state index is 16.8. The largest absolute Gasteiger partial charge is 0.444 e. The van der Waals surface area contributed by atoms with Crippen LogP contribution >= 0.6 is 23.4 Å². The van der Waals surface area contributed by atoms with Crippen molar-refractivity contribution in [2.45, 2.75) is 62.7 Å². The van der Waals surface area contributed by atoms with Gasteiger partial charge in [-0.1, -0.05) is 47.1 Å². The zero-order valence-corrected chi connectivity index (χ0v) is 26.7. The van der Waals surface area contributed by atoms with Crippen LogP contribution in [0.1, 0.15) is 51.6 Å². The minimum Gasteiger partial charge on any atom is -0.444 e. The molecule has 1 aliphatic rings. The standard InChI is InChI=1S/C33H29ClFN7O2S/c1-33(2,3)44-32(43)41-14-12-21(15-20(41)11-13-36)42-30-23-16-24(34)26(27(35)28(23)38-31(45-4)29(30)39-40-42)22-10-6-8-18-7-5-9-19(17-37)25(18)22/h5-10,16,20-21H,11-12,14-15H2,1-4H3/t20-,21?/m1/s1.